The van der Waals surface area contributed by atoms with E-state index in [1.165, 1.54) is 16.4 Å². The maximum atomic E-state index is 13.3. The minimum absolute atomic E-state index is 0.0263. The van der Waals surface area contributed by atoms with Gasteiger partial charge >= 0.3 is 0 Å². The van der Waals surface area contributed by atoms with Crippen molar-refractivity contribution < 1.29 is 18.0 Å². The number of nitrogens with one attached hydrogen (secondary N) is 2. The predicted molar refractivity (Wildman–Crippen MR) is 128 cm³/mol. The van der Waals surface area contributed by atoms with Gasteiger partial charge in [-0.2, -0.15) is 0 Å². The smallest absolute Gasteiger partial charge is 0.264 e. The molecule has 1 fully saturated rings. The van der Waals surface area contributed by atoms with Crippen LogP contribution in [0.5, 0.6) is 0 Å². The van der Waals surface area contributed by atoms with Crippen molar-refractivity contribution >= 4 is 33.2 Å². The summed E-state index contributed by atoms with van der Waals surface area (Å²) in [7, 11) is -3.86. The zero-order valence-corrected chi connectivity index (χ0v) is 19.0. The summed E-state index contributed by atoms with van der Waals surface area (Å²) in [6.45, 7) is 2.01. The van der Waals surface area contributed by atoms with E-state index in [1.54, 1.807) is 67.6 Å². The third-order valence-electron chi connectivity index (χ3n) is 5.31. The second kappa shape index (κ2) is 9.46. The highest BCUT2D eigenvalue weighted by molar-refractivity contribution is 7.92. The summed E-state index contributed by atoms with van der Waals surface area (Å²) in [4.78, 5) is 25.1. The Labute approximate surface area is 193 Å². The number of carbonyl (C=O) groups excluding carboxylic acids is 2. The molecule has 7 nitrogen and oxygen atoms in total. The van der Waals surface area contributed by atoms with Crippen LogP contribution >= 0.6 is 0 Å². The molecule has 3 aromatic carbocycles. The van der Waals surface area contributed by atoms with Crippen LogP contribution in [0, 0.1) is 0 Å². The van der Waals surface area contributed by atoms with Gasteiger partial charge < -0.3 is 10.6 Å². The molecule has 8 heteroatoms. The monoisotopic (exact) mass is 463 g/mol. The Morgan fingerprint density at radius 2 is 1.55 bits per heavy atom. The van der Waals surface area contributed by atoms with Crippen LogP contribution in [0.2, 0.25) is 0 Å². The molecule has 1 aliphatic rings. The molecule has 0 heterocycles. The van der Waals surface area contributed by atoms with Crippen molar-refractivity contribution in [3.05, 3.63) is 90.0 Å². The van der Waals surface area contributed by atoms with E-state index in [0.717, 1.165) is 12.8 Å². The Morgan fingerprint density at radius 1 is 0.879 bits per heavy atom. The molecule has 0 atom stereocenters. The van der Waals surface area contributed by atoms with Crippen molar-refractivity contribution in [1.82, 2.24) is 5.32 Å². The Hall–Kier alpha value is -3.65. The molecule has 2 amide bonds. The zero-order valence-electron chi connectivity index (χ0n) is 18.2. The van der Waals surface area contributed by atoms with E-state index in [1.807, 2.05) is 6.07 Å². The van der Waals surface area contributed by atoms with Crippen molar-refractivity contribution in [3.63, 3.8) is 0 Å². The van der Waals surface area contributed by atoms with Crippen LogP contribution < -0.4 is 14.9 Å². The molecule has 1 aliphatic carbocycles. The minimum atomic E-state index is -3.86. The van der Waals surface area contributed by atoms with E-state index in [9.17, 15) is 18.0 Å². The number of para-hydroxylation sites is 1. The average molecular weight is 464 g/mol. The summed E-state index contributed by atoms with van der Waals surface area (Å²) < 4.78 is 27.8. The van der Waals surface area contributed by atoms with E-state index >= 15 is 0 Å². The summed E-state index contributed by atoms with van der Waals surface area (Å²) in [6, 6.07) is 21.6. The maximum Gasteiger partial charge on any atom is 0.264 e. The van der Waals surface area contributed by atoms with Gasteiger partial charge in [-0.25, -0.2) is 8.42 Å². The Kier molecular flexibility index (Phi) is 6.46. The quantitative estimate of drug-likeness (QED) is 0.527. The van der Waals surface area contributed by atoms with Gasteiger partial charge in [0.2, 0.25) is 0 Å². The highest BCUT2D eigenvalue weighted by Crippen LogP contribution is 2.24. The number of benzene rings is 3. The van der Waals surface area contributed by atoms with Crippen LogP contribution in [0.4, 0.5) is 11.4 Å². The minimum Gasteiger partial charge on any atom is -0.349 e. The lowest BCUT2D eigenvalue weighted by Gasteiger charge is -2.23. The summed E-state index contributed by atoms with van der Waals surface area (Å²) in [5, 5.41) is 5.66. The van der Waals surface area contributed by atoms with Crippen LogP contribution in [0.1, 0.15) is 40.5 Å². The Balaban J connectivity index is 1.54. The van der Waals surface area contributed by atoms with Crippen LogP contribution in [0.3, 0.4) is 0 Å². The second-order valence-electron chi connectivity index (χ2n) is 7.82. The van der Waals surface area contributed by atoms with E-state index < -0.39 is 15.9 Å². The van der Waals surface area contributed by atoms with E-state index in [2.05, 4.69) is 10.6 Å². The molecule has 0 radical (unpaired) electrons. The first-order valence-corrected chi connectivity index (χ1v) is 12.2. The Morgan fingerprint density at radius 3 is 2.21 bits per heavy atom. The molecule has 0 spiro atoms. The molecule has 4 rings (SSSR count). The van der Waals surface area contributed by atoms with E-state index in [0.29, 0.717) is 16.9 Å². The van der Waals surface area contributed by atoms with Gasteiger partial charge in [0.25, 0.3) is 21.8 Å². The van der Waals surface area contributed by atoms with Crippen LogP contribution in [0.15, 0.2) is 83.8 Å². The molecule has 1 saturated carbocycles. The maximum absolute atomic E-state index is 13.3. The number of sulfonamides is 1. The van der Waals surface area contributed by atoms with E-state index in [4.69, 9.17) is 0 Å². The fourth-order valence-electron chi connectivity index (χ4n) is 3.45. The summed E-state index contributed by atoms with van der Waals surface area (Å²) in [6.07, 6.45) is 1.97. The molecule has 3 aromatic rings. The first kappa shape index (κ1) is 22.5. The summed E-state index contributed by atoms with van der Waals surface area (Å²) in [5.41, 5.74) is 1.66. The largest absolute Gasteiger partial charge is 0.349 e. The lowest BCUT2D eigenvalue weighted by Crippen LogP contribution is -2.31. The highest BCUT2D eigenvalue weighted by Gasteiger charge is 2.25. The number of hydrogen-bond donors (Lipinski definition) is 2. The zero-order chi connectivity index (χ0) is 23.4. The molecule has 0 saturated heterocycles. The van der Waals surface area contributed by atoms with Crippen molar-refractivity contribution in [2.75, 3.05) is 16.2 Å². The molecule has 0 unspecified atom stereocenters. The lowest BCUT2D eigenvalue weighted by molar-refractivity contribution is 0.0949. The van der Waals surface area contributed by atoms with Gasteiger partial charge in [0, 0.05) is 29.4 Å². The molecule has 0 bridgehead atoms. The normalized spacial score (nSPS) is 13.2. The lowest BCUT2D eigenvalue weighted by atomic mass is 10.1. The second-order valence-corrected chi connectivity index (χ2v) is 9.68. The number of amides is 2. The van der Waals surface area contributed by atoms with Crippen LogP contribution in [-0.4, -0.2) is 32.8 Å². The van der Waals surface area contributed by atoms with Crippen molar-refractivity contribution in [2.45, 2.75) is 30.7 Å². The van der Waals surface area contributed by atoms with Crippen molar-refractivity contribution in [3.8, 4) is 0 Å². The topological polar surface area (TPSA) is 95.6 Å². The molecule has 33 heavy (non-hydrogen) atoms. The highest BCUT2D eigenvalue weighted by atomic mass is 32.2. The number of carbonyl (C=O) groups is 2. The van der Waals surface area contributed by atoms with E-state index in [-0.39, 0.29) is 29.0 Å². The Bertz CT molecular complexity index is 1270. The molecule has 2 N–H and O–H groups in total. The number of anilines is 2. The molecule has 170 valence electrons. The molecular weight excluding hydrogens is 438 g/mol. The van der Waals surface area contributed by atoms with Gasteiger partial charge in [0.05, 0.1) is 10.6 Å². The van der Waals surface area contributed by atoms with Crippen LogP contribution in [0.25, 0.3) is 0 Å². The third-order valence-corrected chi connectivity index (χ3v) is 7.21. The van der Waals surface area contributed by atoms with Gasteiger partial charge in [-0.3, -0.25) is 13.9 Å². The van der Waals surface area contributed by atoms with Gasteiger partial charge in [0.1, 0.15) is 0 Å². The van der Waals surface area contributed by atoms with Crippen molar-refractivity contribution in [1.29, 1.82) is 0 Å². The fourth-order valence-corrected chi connectivity index (χ4v) is 4.97. The van der Waals surface area contributed by atoms with Gasteiger partial charge in [-0.05, 0) is 68.3 Å². The SMILES string of the molecule is CCN(c1ccccc1)S(=O)(=O)c1cccc(C(=O)Nc2cccc(C(=O)NC3CC3)c2)c1. The van der Waals surface area contributed by atoms with Crippen LogP contribution in [-0.2, 0) is 10.0 Å². The van der Waals surface area contributed by atoms with Crippen molar-refractivity contribution in [2.24, 2.45) is 0 Å². The number of nitrogens with zero attached hydrogens (tertiary/aromatic N) is 1. The predicted octanol–water partition coefficient (Wildman–Crippen LogP) is 4.05. The summed E-state index contributed by atoms with van der Waals surface area (Å²) in [5.74, 6) is -0.642. The van der Waals surface area contributed by atoms with Gasteiger partial charge in [-0.1, -0.05) is 30.3 Å². The molecule has 0 aromatic heterocycles. The summed E-state index contributed by atoms with van der Waals surface area (Å²) >= 11 is 0. The first-order chi connectivity index (χ1) is 15.9. The standard InChI is InChI=1S/C25H25N3O4S/c1-2-28(22-11-4-3-5-12-22)33(31,32)23-13-7-9-19(17-23)25(30)27-21-10-6-8-18(16-21)24(29)26-20-14-15-20/h3-13,16-17,20H,2,14-15H2,1H3,(H,26,29)(H,27,30). The molecular formula is C25H25N3O4S. The average Bonchev–Trinajstić information content (AvgIpc) is 3.64. The van der Waals surface area contributed by atoms with Gasteiger partial charge in [0.15, 0.2) is 0 Å². The third kappa shape index (κ3) is 5.23. The fraction of sp³-hybridized carbons (Fsp3) is 0.200. The molecule has 0 aliphatic heterocycles. The number of rotatable bonds is 8. The number of hydrogen-bond acceptors (Lipinski definition) is 4. The first-order valence-electron chi connectivity index (χ1n) is 10.8. The van der Waals surface area contributed by atoms with Gasteiger partial charge in [-0.15, -0.1) is 0 Å².